The lowest BCUT2D eigenvalue weighted by Crippen LogP contribution is -2.13. The minimum absolute atomic E-state index is 0.0269. The number of nitrogens with one attached hydrogen (secondary N) is 1. The third kappa shape index (κ3) is 2.52. The summed E-state index contributed by atoms with van der Waals surface area (Å²) in [5.74, 6) is 0.0269. The van der Waals surface area contributed by atoms with Crippen LogP contribution in [-0.2, 0) is 0 Å². The second kappa shape index (κ2) is 5.22. The molecule has 4 nitrogen and oxygen atoms in total. The number of hydrogen-bond donors (Lipinski definition) is 2. The monoisotopic (exact) mass is 300 g/mol. The van der Waals surface area contributed by atoms with Gasteiger partial charge in [0.15, 0.2) is 4.34 Å². The Hall–Kier alpha value is -1.92. The lowest BCUT2D eigenvalue weighted by Gasteiger charge is -2.07. The quantitative estimate of drug-likeness (QED) is 0.574. The Bertz CT molecular complexity index is 795. The van der Waals surface area contributed by atoms with Crippen molar-refractivity contribution in [3.05, 3.63) is 47.0 Å². The van der Waals surface area contributed by atoms with Gasteiger partial charge < -0.3 is 5.73 Å². The number of fused-ring (bicyclic) bond motifs is 1. The van der Waals surface area contributed by atoms with Gasteiger partial charge in [0, 0.05) is 22.0 Å². The molecule has 0 spiro atoms. The highest BCUT2D eigenvalue weighted by atomic mass is 32.2. The summed E-state index contributed by atoms with van der Waals surface area (Å²) in [4.78, 5) is 9.03. The predicted octanol–water partition coefficient (Wildman–Crippen LogP) is 3.43. The van der Waals surface area contributed by atoms with Crippen molar-refractivity contribution in [2.75, 3.05) is 0 Å². The third-order valence-corrected chi connectivity index (χ3v) is 4.82. The van der Waals surface area contributed by atoms with E-state index in [1.54, 1.807) is 11.3 Å². The molecule has 0 saturated carbocycles. The summed E-state index contributed by atoms with van der Waals surface area (Å²) < 4.78 is 0.910. The summed E-state index contributed by atoms with van der Waals surface area (Å²) in [6.45, 7) is 1.96. The summed E-state index contributed by atoms with van der Waals surface area (Å²) in [7, 11) is 0. The molecule has 3 aromatic rings. The largest absolute Gasteiger partial charge is 0.384 e. The van der Waals surface area contributed by atoms with Crippen LogP contribution >= 0.6 is 23.1 Å². The predicted molar refractivity (Wildman–Crippen MR) is 83.7 cm³/mol. The number of aromatic nitrogens is 2. The minimum atomic E-state index is 0.0269. The van der Waals surface area contributed by atoms with Crippen LogP contribution in [0.25, 0.3) is 10.9 Å². The fraction of sp³-hybridized carbons (Fsp3) is 0.0714. The molecular formula is C14H12N4S2. The number of thiazole rings is 1. The van der Waals surface area contributed by atoms with E-state index in [1.807, 2.05) is 42.6 Å². The average molecular weight is 300 g/mol. The molecule has 100 valence electrons. The van der Waals surface area contributed by atoms with Crippen molar-refractivity contribution in [2.45, 2.75) is 16.3 Å². The topological polar surface area (TPSA) is 75.7 Å². The molecule has 0 fully saturated rings. The van der Waals surface area contributed by atoms with Gasteiger partial charge in [-0.15, -0.1) is 11.3 Å². The van der Waals surface area contributed by atoms with Gasteiger partial charge in [0.2, 0.25) is 0 Å². The van der Waals surface area contributed by atoms with Gasteiger partial charge in [0.25, 0.3) is 0 Å². The molecule has 3 N–H and O–H groups in total. The smallest absolute Gasteiger partial charge is 0.156 e. The third-order valence-electron chi connectivity index (χ3n) is 2.76. The van der Waals surface area contributed by atoms with E-state index in [1.165, 1.54) is 11.8 Å². The molecule has 1 aromatic carbocycles. The Morgan fingerprint density at radius 1 is 1.30 bits per heavy atom. The van der Waals surface area contributed by atoms with Crippen LogP contribution in [0.15, 0.2) is 45.1 Å². The van der Waals surface area contributed by atoms with E-state index in [4.69, 9.17) is 11.1 Å². The van der Waals surface area contributed by atoms with E-state index in [0.29, 0.717) is 5.56 Å². The van der Waals surface area contributed by atoms with Crippen LogP contribution in [0.5, 0.6) is 0 Å². The van der Waals surface area contributed by atoms with Gasteiger partial charge in [-0.05, 0) is 30.8 Å². The van der Waals surface area contributed by atoms with Crippen LogP contribution in [0.3, 0.4) is 0 Å². The van der Waals surface area contributed by atoms with E-state index in [0.717, 1.165) is 26.0 Å². The molecule has 0 unspecified atom stereocenters. The standard InChI is InChI=1S/C14H12N4S2/c1-8-7-19-14(17-8)20-13-10(12(15)16)6-9-4-2-3-5-11(9)18-13/h2-7H,1H3,(H3,15,16). The number of aryl methyl sites for hydroxylation is 1. The highest BCUT2D eigenvalue weighted by molar-refractivity contribution is 8.01. The Labute approximate surface area is 124 Å². The van der Waals surface area contributed by atoms with Crippen LogP contribution in [0, 0.1) is 12.3 Å². The Balaban J connectivity index is 2.11. The number of nitrogens with two attached hydrogens (primary N) is 1. The first-order valence-electron chi connectivity index (χ1n) is 5.97. The maximum atomic E-state index is 7.73. The highest BCUT2D eigenvalue weighted by Crippen LogP contribution is 2.32. The molecular weight excluding hydrogens is 288 g/mol. The van der Waals surface area contributed by atoms with Crippen LogP contribution in [-0.4, -0.2) is 15.8 Å². The first-order chi connectivity index (χ1) is 9.63. The molecule has 0 bridgehead atoms. The van der Waals surface area contributed by atoms with Crippen molar-refractivity contribution in [3.8, 4) is 0 Å². The molecule has 0 amide bonds. The second-order valence-corrected chi connectivity index (χ2v) is 6.40. The molecule has 20 heavy (non-hydrogen) atoms. The van der Waals surface area contributed by atoms with Crippen LogP contribution in [0.1, 0.15) is 11.3 Å². The minimum Gasteiger partial charge on any atom is -0.384 e. The van der Waals surface area contributed by atoms with Crippen molar-refractivity contribution < 1.29 is 0 Å². The van der Waals surface area contributed by atoms with Crippen molar-refractivity contribution in [3.63, 3.8) is 0 Å². The molecule has 0 aliphatic heterocycles. The lowest BCUT2D eigenvalue weighted by molar-refractivity contribution is 1.13. The van der Waals surface area contributed by atoms with Gasteiger partial charge in [0.1, 0.15) is 10.9 Å². The fourth-order valence-electron chi connectivity index (χ4n) is 1.83. The number of para-hydroxylation sites is 1. The molecule has 6 heteroatoms. The van der Waals surface area contributed by atoms with Crippen LogP contribution < -0.4 is 5.73 Å². The first-order valence-corrected chi connectivity index (χ1v) is 7.67. The maximum Gasteiger partial charge on any atom is 0.156 e. The van der Waals surface area contributed by atoms with Crippen LogP contribution in [0.4, 0.5) is 0 Å². The van der Waals surface area contributed by atoms with Crippen molar-refractivity contribution in [2.24, 2.45) is 5.73 Å². The van der Waals surface area contributed by atoms with Crippen molar-refractivity contribution >= 4 is 39.8 Å². The number of pyridine rings is 1. The summed E-state index contributed by atoms with van der Waals surface area (Å²) in [5.41, 5.74) is 8.22. The number of hydrogen-bond acceptors (Lipinski definition) is 5. The zero-order valence-electron chi connectivity index (χ0n) is 10.8. The van der Waals surface area contributed by atoms with E-state index in [9.17, 15) is 0 Å². The summed E-state index contributed by atoms with van der Waals surface area (Å²) >= 11 is 3.02. The normalized spacial score (nSPS) is 10.8. The van der Waals surface area contributed by atoms with Gasteiger partial charge in [-0.25, -0.2) is 9.97 Å². The van der Waals surface area contributed by atoms with E-state index in [2.05, 4.69) is 9.97 Å². The van der Waals surface area contributed by atoms with E-state index >= 15 is 0 Å². The number of benzene rings is 1. The van der Waals surface area contributed by atoms with Crippen molar-refractivity contribution in [1.29, 1.82) is 5.41 Å². The SMILES string of the molecule is Cc1csc(Sc2nc3ccccc3cc2C(=N)N)n1. The zero-order valence-corrected chi connectivity index (χ0v) is 12.4. The molecule has 0 radical (unpaired) electrons. The molecule has 2 aromatic heterocycles. The van der Waals surface area contributed by atoms with E-state index < -0.39 is 0 Å². The number of nitrogens with zero attached hydrogens (tertiary/aromatic N) is 2. The highest BCUT2D eigenvalue weighted by Gasteiger charge is 2.12. The average Bonchev–Trinajstić information content (AvgIpc) is 2.83. The molecule has 2 heterocycles. The lowest BCUT2D eigenvalue weighted by atomic mass is 10.1. The summed E-state index contributed by atoms with van der Waals surface area (Å²) in [6.07, 6.45) is 0. The first kappa shape index (κ1) is 13.1. The maximum absolute atomic E-state index is 7.73. The van der Waals surface area contributed by atoms with Gasteiger partial charge in [-0.3, -0.25) is 5.41 Å². The number of nitrogen functional groups attached to an aromatic ring is 1. The molecule has 0 atom stereocenters. The van der Waals surface area contributed by atoms with Crippen molar-refractivity contribution in [1.82, 2.24) is 9.97 Å². The van der Waals surface area contributed by atoms with E-state index in [-0.39, 0.29) is 5.84 Å². The molecule has 0 aliphatic rings. The Morgan fingerprint density at radius 2 is 2.10 bits per heavy atom. The molecule has 3 rings (SSSR count). The number of amidine groups is 1. The number of rotatable bonds is 3. The Kier molecular flexibility index (Phi) is 3.42. The zero-order chi connectivity index (χ0) is 14.1. The molecule has 0 aliphatic carbocycles. The fourth-order valence-corrected chi connectivity index (χ4v) is 3.70. The summed E-state index contributed by atoms with van der Waals surface area (Å²) in [5, 5.41) is 11.4. The van der Waals surface area contributed by atoms with Gasteiger partial charge >= 0.3 is 0 Å². The Morgan fingerprint density at radius 3 is 2.80 bits per heavy atom. The molecule has 0 saturated heterocycles. The van der Waals surface area contributed by atoms with Crippen LogP contribution in [0.2, 0.25) is 0 Å². The van der Waals surface area contributed by atoms with Gasteiger partial charge in [-0.2, -0.15) is 0 Å². The summed E-state index contributed by atoms with van der Waals surface area (Å²) in [6, 6.07) is 9.73. The van der Waals surface area contributed by atoms with Gasteiger partial charge in [-0.1, -0.05) is 18.2 Å². The van der Waals surface area contributed by atoms with Gasteiger partial charge in [0.05, 0.1) is 5.52 Å². The second-order valence-electron chi connectivity index (χ2n) is 4.30.